The van der Waals surface area contributed by atoms with Crippen LogP contribution in [0.15, 0.2) is 65.1 Å². The summed E-state index contributed by atoms with van der Waals surface area (Å²) in [6.07, 6.45) is 1.48. The van der Waals surface area contributed by atoms with Crippen molar-refractivity contribution in [3.63, 3.8) is 0 Å². The highest BCUT2D eigenvalue weighted by atomic mass is 16.6. The minimum absolute atomic E-state index is 0.0251. The van der Waals surface area contributed by atoms with Gasteiger partial charge in [0.2, 0.25) is 0 Å². The highest BCUT2D eigenvalue weighted by molar-refractivity contribution is 5.89. The lowest BCUT2D eigenvalue weighted by atomic mass is 10.1. The highest BCUT2D eigenvalue weighted by Gasteiger charge is 2.11. The van der Waals surface area contributed by atoms with Crippen molar-refractivity contribution in [2.24, 2.45) is 0 Å². The minimum atomic E-state index is -0.530. The van der Waals surface area contributed by atoms with E-state index in [9.17, 15) is 25.5 Å². The van der Waals surface area contributed by atoms with E-state index in [-0.39, 0.29) is 16.9 Å². The van der Waals surface area contributed by atoms with E-state index in [2.05, 4.69) is 0 Å². The largest absolute Gasteiger partial charge is 0.457 e. The molecule has 2 aromatic carbocycles. The quantitative estimate of drug-likeness (QED) is 0.364. The fourth-order valence-corrected chi connectivity index (χ4v) is 2.44. The molecule has 0 saturated carbocycles. The number of nitro benzene ring substituents is 2. The van der Waals surface area contributed by atoms with Crippen LogP contribution in [0.1, 0.15) is 11.3 Å². The van der Waals surface area contributed by atoms with E-state index >= 15 is 0 Å². The van der Waals surface area contributed by atoms with Gasteiger partial charge < -0.3 is 4.42 Å². The van der Waals surface area contributed by atoms with Crippen molar-refractivity contribution in [2.75, 3.05) is 0 Å². The fraction of sp³-hybridized carbons (Fsp3) is 0. The summed E-state index contributed by atoms with van der Waals surface area (Å²) in [5.74, 6) is 0.860. The van der Waals surface area contributed by atoms with Crippen LogP contribution in [-0.2, 0) is 0 Å². The van der Waals surface area contributed by atoms with Gasteiger partial charge in [-0.2, -0.15) is 5.26 Å². The number of hydrogen-bond donors (Lipinski definition) is 0. The number of nitrogens with zero attached hydrogens (tertiary/aromatic N) is 3. The highest BCUT2D eigenvalue weighted by Crippen LogP contribution is 2.27. The van der Waals surface area contributed by atoms with Crippen LogP contribution in [0.5, 0.6) is 0 Å². The Bertz CT molecular complexity index is 1090. The van der Waals surface area contributed by atoms with Crippen LogP contribution >= 0.6 is 0 Å². The number of benzene rings is 2. The van der Waals surface area contributed by atoms with Crippen LogP contribution in [0.25, 0.3) is 23.0 Å². The maximum absolute atomic E-state index is 10.9. The third-order valence-electron chi connectivity index (χ3n) is 3.76. The third kappa shape index (κ3) is 3.88. The van der Waals surface area contributed by atoms with Crippen LogP contribution < -0.4 is 0 Å². The standard InChI is InChI=1S/C19H11N3O5/c20-12-15(14-2-1-3-17(10-14)22(25)26)11-18-8-9-19(27-18)13-4-6-16(7-5-13)21(23)24/h1-11H/b15-11+. The van der Waals surface area contributed by atoms with Gasteiger partial charge in [0.25, 0.3) is 11.4 Å². The van der Waals surface area contributed by atoms with Gasteiger partial charge in [0.05, 0.1) is 21.5 Å². The number of furan rings is 1. The number of nitro groups is 2. The zero-order valence-corrected chi connectivity index (χ0v) is 13.7. The number of non-ortho nitro benzene ring substituents is 2. The second-order valence-corrected chi connectivity index (χ2v) is 5.48. The summed E-state index contributed by atoms with van der Waals surface area (Å²) in [5, 5.41) is 31.0. The Hall–Kier alpha value is -4.25. The molecule has 3 aromatic rings. The van der Waals surface area contributed by atoms with Gasteiger partial charge >= 0.3 is 0 Å². The van der Waals surface area contributed by atoms with Crippen molar-refractivity contribution < 1.29 is 14.3 Å². The lowest BCUT2D eigenvalue weighted by Crippen LogP contribution is -1.89. The Morgan fingerprint density at radius 2 is 1.67 bits per heavy atom. The normalized spacial score (nSPS) is 11.0. The monoisotopic (exact) mass is 361 g/mol. The number of nitriles is 1. The van der Waals surface area contributed by atoms with Crippen molar-refractivity contribution >= 4 is 23.0 Å². The molecule has 3 rings (SSSR count). The van der Waals surface area contributed by atoms with Crippen LogP contribution in [0.2, 0.25) is 0 Å². The second-order valence-electron chi connectivity index (χ2n) is 5.48. The molecular weight excluding hydrogens is 350 g/mol. The van der Waals surface area contributed by atoms with Gasteiger partial charge in [-0.15, -0.1) is 0 Å². The molecule has 0 fully saturated rings. The van der Waals surface area contributed by atoms with E-state index in [4.69, 9.17) is 4.42 Å². The molecule has 27 heavy (non-hydrogen) atoms. The van der Waals surface area contributed by atoms with Gasteiger partial charge in [-0.1, -0.05) is 12.1 Å². The number of rotatable bonds is 5. The molecular formula is C19H11N3O5. The van der Waals surface area contributed by atoms with E-state index in [1.807, 2.05) is 6.07 Å². The second kappa shape index (κ2) is 7.33. The van der Waals surface area contributed by atoms with Crippen molar-refractivity contribution in [2.45, 2.75) is 0 Å². The Labute approximate surface area is 152 Å². The number of allylic oxidation sites excluding steroid dienone is 1. The Balaban J connectivity index is 1.91. The average molecular weight is 361 g/mol. The van der Waals surface area contributed by atoms with Gasteiger partial charge in [-0.05, 0) is 35.9 Å². The summed E-state index contributed by atoms with van der Waals surface area (Å²) in [7, 11) is 0. The van der Waals surface area contributed by atoms with Gasteiger partial charge in [0, 0.05) is 29.8 Å². The predicted octanol–water partition coefficient (Wildman–Crippen LogP) is 4.83. The first kappa shape index (κ1) is 17.6. The lowest BCUT2D eigenvalue weighted by Gasteiger charge is -1.99. The first-order chi connectivity index (χ1) is 13.0. The van der Waals surface area contributed by atoms with Crippen LogP contribution in [0.4, 0.5) is 11.4 Å². The molecule has 0 saturated heterocycles. The summed E-state index contributed by atoms with van der Waals surface area (Å²) >= 11 is 0. The first-order valence-corrected chi connectivity index (χ1v) is 7.69. The topological polar surface area (TPSA) is 123 Å². The molecule has 0 unspecified atom stereocenters. The van der Waals surface area contributed by atoms with Gasteiger partial charge in [0.1, 0.15) is 11.5 Å². The fourth-order valence-electron chi connectivity index (χ4n) is 2.44. The first-order valence-electron chi connectivity index (χ1n) is 7.69. The molecule has 0 amide bonds. The summed E-state index contributed by atoms with van der Waals surface area (Å²) in [6.45, 7) is 0. The maximum atomic E-state index is 10.9. The van der Waals surface area contributed by atoms with Crippen molar-refractivity contribution in [1.82, 2.24) is 0 Å². The summed E-state index contributed by atoms with van der Waals surface area (Å²) < 4.78 is 5.67. The molecule has 0 aliphatic rings. The summed E-state index contributed by atoms with van der Waals surface area (Å²) in [4.78, 5) is 20.6. The minimum Gasteiger partial charge on any atom is -0.457 e. The smallest absolute Gasteiger partial charge is 0.270 e. The zero-order chi connectivity index (χ0) is 19.4. The molecule has 0 bridgehead atoms. The van der Waals surface area contributed by atoms with Crippen molar-refractivity contribution in [3.05, 3.63) is 92.2 Å². The molecule has 132 valence electrons. The molecule has 1 heterocycles. The Morgan fingerprint density at radius 3 is 2.30 bits per heavy atom. The van der Waals surface area contributed by atoms with Gasteiger partial charge in [-0.3, -0.25) is 20.2 Å². The molecule has 8 nitrogen and oxygen atoms in total. The van der Waals surface area contributed by atoms with Crippen LogP contribution in [-0.4, -0.2) is 9.85 Å². The summed E-state index contributed by atoms with van der Waals surface area (Å²) in [5.41, 5.74) is 1.12. The molecule has 0 spiro atoms. The van der Waals surface area contributed by atoms with E-state index in [0.717, 1.165) is 0 Å². The Kier molecular flexibility index (Phi) is 4.77. The molecule has 0 radical (unpaired) electrons. The molecule has 0 N–H and O–H groups in total. The van der Waals surface area contributed by atoms with Crippen molar-refractivity contribution in [1.29, 1.82) is 5.26 Å². The van der Waals surface area contributed by atoms with Gasteiger partial charge in [-0.25, -0.2) is 0 Å². The van der Waals surface area contributed by atoms with E-state index in [0.29, 0.717) is 22.6 Å². The maximum Gasteiger partial charge on any atom is 0.270 e. The molecule has 1 aromatic heterocycles. The third-order valence-corrected chi connectivity index (χ3v) is 3.76. The lowest BCUT2D eigenvalue weighted by molar-refractivity contribution is -0.385. The molecule has 8 heteroatoms. The van der Waals surface area contributed by atoms with E-state index in [1.54, 1.807) is 30.3 Å². The van der Waals surface area contributed by atoms with Crippen molar-refractivity contribution in [3.8, 4) is 17.4 Å². The van der Waals surface area contributed by atoms with Gasteiger partial charge in [0.15, 0.2) is 0 Å². The SMILES string of the molecule is N#C/C(=C\c1ccc(-c2ccc([N+](=O)[O-])cc2)o1)c1cccc([N+](=O)[O-])c1. The van der Waals surface area contributed by atoms with E-state index in [1.165, 1.54) is 36.4 Å². The molecule has 0 aliphatic carbocycles. The zero-order valence-electron chi connectivity index (χ0n) is 13.7. The molecule has 0 atom stereocenters. The van der Waals surface area contributed by atoms with Crippen LogP contribution in [0, 0.1) is 31.6 Å². The molecule has 0 aliphatic heterocycles. The number of hydrogen-bond acceptors (Lipinski definition) is 6. The predicted molar refractivity (Wildman–Crippen MR) is 97.4 cm³/mol. The van der Waals surface area contributed by atoms with Crippen LogP contribution in [0.3, 0.4) is 0 Å². The Morgan fingerprint density at radius 1 is 0.963 bits per heavy atom. The van der Waals surface area contributed by atoms with E-state index < -0.39 is 9.85 Å². The summed E-state index contributed by atoms with van der Waals surface area (Å²) in [6, 6.07) is 17.0. The average Bonchev–Trinajstić information content (AvgIpc) is 3.15.